The Morgan fingerprint density at radius 3 is 2.68 bits per heavy atom. The van der Waals surface area contributed by atoms with Gasteiger partial charge < -0.3 is 10.2 Å². The summed E-state index contributed by atoms with van der Waals surface area (Å²) >= 11 is 6.06. The van der Waals surface area contributed by atoms with Gasteiger partial charge in [0.1, 0.15) is 5.54 Å². The van der Waals surface area contributed by atoms with Crippen molar-refractivity contribution in [1.29, 1.82) is 0 Å². The van der Waals surface area contributed by atoms with E-state index in [0.717, 1.165) is 31.5 Å². The number of likely N-dealkylation sites (tertiary alicyclic amines) is 1. The molecular formula is C16H21ClN3O2+. The van der Waals surface area contributed by atoms with Crippen molar-refractivity contribution >= 4 is 23.5 Å². The Balaban J connectivity index is 1.89. The van der Waals surface area contributed by atoms with E-state index in [9.17, 15) is 9.59 Å². The molecule has 2 saturated heterocycles. The number of halogens is 1. The van der Waals surface area contributed by atoms with Crippen LogP contribution in [0.5, 0.6) is 0 Å². The first kappa shape index (κ1) is 15.3. The highest BCUT2D eigenvalue weighted by molar-refractivity contribution is 6.30. The summed E-state index contributed by atoms with van der Waals surface area (Å²) in [5.74, 6) is -0.165. The Morgan fingerprint density at radius 2 is 2.05 bits per heavy atom. The van der Waals surface area contributed by atoms with Crippen LogP contribution in [0.25, 0.3) is 0 Å². The van der Waals surface area contributed by atoms with Gasteiger partial charge >= 0.3 is 6.03 Å². The SMILES string of the molecule is CC[C@@]1(c2cccc(Cl)c2)NC(=O)N(C[NH+]2CCCC2)C1=O. The van der Waals surface area contributed by atoms with Gasteiger partial charge in [-0.25, -0.2) is 9.69 Å². The third-order valence-corrected chi connectivity index (χ3v) is 4.95. The molecule has 2 fully saturated rings. The highest BCUT2D eigenvalue weighted by atomic mass is 35.5. The number of nitrogens with zero attached hydrogens (tertiary/aromatic N) is 1. The number of quaternary nitrogens is 1. The number of imide groups is 1. The summed E-state index contributed by atoms with van der Waals surface area (Å²) in [7, 11) is 0. The molecule has 6 heteroatoms. The second-order valence-electron chi connectivity index (χ2n) is 6.05. The normalized spacial score (nSPS) is 25.8. The van der Waals surface area contributed by atoms with E-state index in [1.165, 1.54) is 9.80 Å². The maximum atomic E-state index is 13.0. The third kappa shape index (κ3) is 2.48. The molecule has 22 heavy (non-hydrogen) atoms. The van der Waals surface area contributed by atoms with Gasteiger partial charge in [-0.05, 0) is 24.1 Å². The second-order valence-corrected chi connectivity index (χ2v) is 6.48. The first-order chi connectivity index (χ1) is 10.6. The molecule has 0 radical (unpaired) electrons. The largest absolute Gasteiger partial charge is 0.329 e. The number of rotatable bonds is 4. The maximum Gasteiger partial charge on any atom is 0.329 e. The molecule has 2 N–H and O–H groups in total. The summed E-state index contributed by atoms with van der Waals surface area (Å²) in [4.78, 5) is 28.0. The monoisotopic (exact) mass is 322 g/mol. The molecule has 3 rings (SSSR count). The highest BCUT2D eigenvalue weighted by Gasteiger charge is 2.52. The smallest absolute Gasteiger partial charge is 0.319 e. The molecule has 1 aromatic carbocycles. The molecule has 118 valence electrons. The Hall–Kier alpha value is -1.59. The van der Waals surface area contributed by atoms with E-state index >= 15 is 0 Å². The lowest BCUT2D eigenvalue weighted by atomic mass is 9.87. The summed E-state index contributed by atoms with van der Waals surface area (Å²) in [5, 5.41) is 3.47. The zero-order chi connectivity index (χ0) is 15.7. The molecule has 2 aliphatic rings. The van der Waals surface area contributed by atoms with Gasteiger partial charge in [0.15, 0.2) is 6.67 Å². The van der Waals surface area contributed by atoms with E-state index in [1.54, 1.807) is 12.1 Å². The number of carbonyl (C=O) groups excluding carboxylic acids is 2. The predicted molar refractivity (Wildman–Crippen MR) is 83.6 cm³/mol. The van der Waals surface area contributed by atoms with Crippen molar-refractivity contribution in [2.24, 2.45) is 0 Å². The highest BCUT2D eigenvalue weighted by Crippen LogP contribution is 2.33. The third-order valence-electron chi connectivity index (χ3n) is 4.72. The van der Waals surface area contributed by atoms with Gasteiger partial charge in [0.2, 0.25) is 0 Å². The molecule has 1 atom stereocenters. The number of amides is 3. The van der Waals surface area contributed by atoms with Crippen LogP contribution in [0.15, 0.2) is 24.3 Å². The fourth-order valence-corrected chi connectivity index (χ4v) is 3.61. The molecule has 0 unspecified atom stereocenters. The van der Waals surface area contributed by atoms with Crippen LogP contribution in [0.2, 0.25) is 5.02 Å². The average Bonchev–Trinajstić information content (AvgIpc) is 3.10. The summed E-state index contributed by atoms with van der Waals surface area (Å²) in [6, 6.07) is 6.88. The minimum atomic E-state index is -0.985. The molecule has 0 aliphatic carbocycles. The van der Waals surface area contributed by atoms with Crippen molar-refractivity contribution in [2.75, 3.05) is 19.8 Å². The van der Waals surface area contributed by atoms with Gasteiger partial charge in [-0.2, -0.15) is 0 Å². The zero-order valence-electron chi connectivity index (χ0n) is 12.7. The molecular weight excluding hydrogens is 302 g/mol. The van der Waals surface area contributed by atoms with E-state index in [0.29, 0.717) is 18.1 Å². The van der Waals surface area contributed by atoms with Crippen LogP contribution in [-0.4, -0.2) is 36.6 Å². The van der Waals surface area contributed by atoms with Crippen LogP contribution in [-0.2, 0) is 10.3 Å². The van der Waals surface area contributed by atoms with Crippen molar-refractivity contribution in [3.63, 3.8) is 0 Å². The van der Waals surface area contributed by atoms with Crippen LogP contribution >= 0.6 is 11.6 Å². The minimum Gasteiger partial charge on any atom is -0.319 e. The van der Waals surface area contributed by atoms with Crippen LogP contribution < -0.4 is 10.2 Å². The van der Waals surface area contributed by atoms with Gasteiger partial charge in [0, 0.05) is 17.9 Å². The molecule has 3 amide bonds. The Bertz CT molecular complexity index is 601. The molecule has 2 aliphatic heterocycles. The molecule has 0 spiro atoms. The van der Waals surface area contributed by atoms with E-state index in [1.807, 2.05) is 19.1 Å². The minimum absolute atomic E-state index is 0.165. The predicted octanol–water partition coefficient (Wildman–Crippen LogP) is 1.13. The number of nitrogens with one attached hydrogen (secondary N) is 2. The lowest BCUT2D eigenvalue weighted by molar-refractivity contribution is -0.894. The standard InChI is InChI=1S/C16H20ClN3O2/c1-2-16(12-6-5-7-13(17)10-12)14(21)20(15(22)18-16)11-19-8-3-4-9-19/h5-7,10H,2-4,8-9,11H2,1H3,(H,18,22)/p+1/t16-/m0/s1. The molecule has 0 saturated carbocycles. The Morgan fingerprint density at radius 1 is 1.32 bits per heavy atom. The van der Waals surface area contributed by atoms with Gasteiger partial charge in [-0.15, -0.1) is 0 Å². The van der Waals surface area contributed by atoms with Crippen molar-refractivity contribution in [2.45, 2.75) is 31.7 Å². The van der Waals surface area contributed by atoms with Crippen LogP contribution in [0.1, 0.15) is 31.7 Å². The number of carbonyl (C=O) groups is 2. The van der Waals surface area contributed by atoms with E-state index in [-0.39, 0.29) is 11.9 Å². The molecule has 2 heterocycles. The van der Waals surface area contributed by atoms with Gasteiger partial charge in [-0.1, -0.05) is 30.7 Å². The van der Waals surface area contributed by atoms with Gasteiger partial charge in [0.05, 0.1) is 13.1 Å². The maximum absolute atomic E-state index is 13.0. The number of benzene rings is 1. The lowest BCUT2D eigenvalue weighted by Gasteiger charge is -2.26. The van der Waals surface area contributed by atoms with Crippen molar-refractivity contribution < 1.29 is 14.5 Å². The molecule has 5 nitrogen and oxygen atoms in total. The van der Waals surface area contributed by atoms with Crippen LogP contribution in [0, 0.1) is 0 Å². The zero-order valence-corrected chi connectivity index (χ0v) is 13.4. The van der Waals surface area contributed by atoms with Crippen LogP contribution in [0.3, 0.4) is 0 Å². The Labute approximate surface area is 135 Å². The number of urea groups is 1. The van der Waals surface area contributed by atoms with Gasteiger partial charge in [0.25, 0.3) is 5.91 Å². The van der Waals surface area contributed by atoms with Crippen molar-refractivity contribution in [3.8, 4) is 0 Å². The van der Waals surface area contributed by atoms with E-state index < -0.39 is 5.54 Å². The van der Waals surface area contributed by atoms with Gasteiger partial charge in [-0.3, -0.25) is 4.79 Å². The fourth-order valence-electron chi connectivity index (χ4n) is 3.42. The van der Waals surface area contributed by atoms with Crippen LogP contribution in [0.4, 0.5) is 4.79 Å². The van der Waals surface area contributed by atoms with E-state index in [4.69, 9.17) is 11.6 Å². The molecule has 0 aromatic heterocycles. The lowest BCUT2D eigenvalue weighted by Crippen LogP contribution is -3.11. The molecule has 1 aromatic rings. The molecule has 0 bridgehead atoms. The fraction of sp³-hybridized carbons (Fsp3) is 0.500. The van der Waals surface area contributed by atoms with E-state index in [2.05, 4.69) is 5.32 Å². The quantitative estimate of drug-likeness (QED) is 0.817. The summed E-state index contributed by atoms with van der Waals surface area (Å²) < 4.78 is 0. The van der Waals surface area contributed by atoms with Crippen molar-refractivity contribution in [3.05, 3.63) is 34.9 Å². The Kier molecular flexibility index (Phi) is 4.10. The number of hydrogen-bond donors (Lipinski definition) is 2. The summed E-state index contributed by atoms with van der Waals surface area (Å²) in [6.45, 7) is 4.40. The number of hydrogen-bond acceptors (Lipinski definition) is 2. The van der Waals surface area contributed by atoms with Crippen molar-refractivity contribution in [1.82, 2.24) is 10.2 Å². The second kappa shape index (κ2) is 5.89. The first-order valence-electron chi connectivity index (χ1n) is 7.80. The summed E-state index contributed by atoms with van der Waals surface area (Å²) in [5.41, 5.74) is -0.235. The summed E-state index contributed by atoms with van der Waals surface area (Å²) in [6.07, 6.45) is 2.82. The average molecular weight is 323 g/mol. The topological polar surface area (TPSA) is 53.9 Å². The first-order valence-corrected chi connectivity index (χ1v) is 8.18.